The van der Waals surface area contributed by atoms with Crippen LogP contribution in [0.15, 0.2) is 24.3 Å². The fourth-order valence-electron chi connectivity index (χ4n) is 2.29. The van der Waals surface area contributed by atoms with Crippen LogP contribution in [0.4, 0.5) is 4.39 Å². The van der Waals surface area contributed by atoms with Crippen molar-refractivity contribution < 1.29 is 13.9 Å². The van der Waals surface area contributed by atoms with E-state index >= 15 is 0 Å². The number of ether oxygens (including phenoxy) is 1. The molecule has 104 valence electrons. The topological polar surface area (TPSA) is 29.5 Å². The molecule has 0 atom stereocenters. The van der Waals surface area contributed by atoms with E-state index in [0.29, 0.717) is 6.42 Å². The molecule has 0 spiro atoms. The maximum atomic E-state index is 13.3. The second-order valence-corrected chi connectivity index (χ2v) is 4.82. The Hall–Kier alpha value is -1.58. The maximum Gasteiger partial charge on any atom is 0.225 e. The smallest absolute Gasteiger partial charge is 0.225 e. The highest BCUT2D eigenvalue weighted by Gasteiger charge is 2.15. The van der Waals surface area contributed by atoms with Gasteiger partial charge in [0, 0.05) is 13.1 Å². The van der Waals surface area contributed by atoms with Crippen LogP contribution in [0.2, 0.25) is 0 Å². The third-order valence-corrected chi connectivity index (χ3v) is 3.37. The Balaban J connectivity index is 1.76. The predicted molar refractivity (Wildman–Crippen MR) is 71.6 cm³/mol. The molecule has 1 aliphatic heterocycles. The van der Waals surface area contributed by atoms with Gasteiger partial charge in [-0.1, -0.05) is 25.0 Å². The Morgan fingerprint density at radius 3 is 2.53 bits per heavy atom. The molecule has 3 nitrogen and oxygen atoms in total. The summed E-state index contributed by atoms with van der Waals surface area (Å²) in [7, 11) is 0. The summed E-state index contributed by atoms with van der Waals surface area (Å²) in [6.45, 7) is 1.92. The van der Waals surface area contributed by atoms with E-state index in [1.807, 2.05) is 4.90 Å². The van der Waals surface area contributed by atoms with Gasteiger partial charge in [0.05, 0.1) is 13.0 Å². The maximum absolute atomic E-state index is 13.3. The van der Waals surface area contributed by atoms with Crippen LogP contribution in [0.3, 0.4) is 0 Å². The minimum Gasteiger partial charge on any atom is -0.490 e. The predicted octanol–water partition coefficient (Wildman–Crippen LogP) is 3.00. The van der Waals surface area contributed by atoms with Crippen LogP contribution < -0.4 is 4.74 Å². The molecule has 19 heavy (non-hydrogen) atoms. The average molecular weight is 265 g/mol. The average Bonchev–Trinajstić information content (AvgIpc) is 2.70. The number of carbonyl (C=O) groups is 1. The first kappa shape index (κ1) is 13.8. The van der Waals surface area contributed by atoms with Gasteiger partial charge in [-0.3, -0.25) is 4.79 Å². The fraction of sp³-hybridized carbons (Fsp3) is 0.533. The van der Waals surface area contributed by atoms with Crippen molar-refractivity contribution in [2.45, 2.75) is 32.1 Å². The molecule has 1 amide bonds. The van der Waals surface area contributed by atoms with Crippen LogP contribution in [0.5, 0.6) is 5.75 Å². The summed E-state index contributed by atoms with van der Waals surface area (Å²) in [5.74, 6) is -0.0610. The number of nitrogens with zero attached hydrogens (tertiary/aromatic N) is 1. The van der Waals surface area contributed by atoms with E-state index in [4.69, 9.17) is 4.74 Å². The van der Waals surface area contributed by atoms with E-state index in [-0.39, 0.29) is 24.1 Å². The summed E-state index contributed by atoms with van der Waals surface area (Å²) in [5, 5.41) is 0. The molecule has 1 aromatic rings. The van der Waals surface area contributed by atoms with Crippen molar-refractivity contribution in [2.75, 3.05) is 19.7 Å². The largest absolute Gasteiger partial charge is 0.490 e. The molecular weight excluding hydrogens is 245 g/mol. The standard InChI is InChI=1S/C15H20FNO2/c16-13-7-3-4-8-14(13)19-12-9-15(18)17-10-5-1-2-6-11-17/h3-4,7-8H,1-2,5-6,9-12H2. The van der Waals surface area contributed by atoms with E-state index in [1.54, 1.807) is 18.2 Å². The van der Waals surface area contributed by atoms with Crippen molar-refractivity contribution in [2.24, 2.45) is 0 Å². The van der Waals surface area contributed by atoms with Crippen molar-refractivity contribution in [3.63, 3.8) is 0 Å². The number of hydrogen-bond donors (Lipinski definition) is 0. The monoisotopic (exact) mass is 265 g/mol. The molecule has 4 heteroatoms. The van der Waals surface area contributed by atoms with Gasteiger partial charge in [0.1, 0.15) is 0 Å². The van der Waals surface area contributed by atoms with Gasteiger partial charge in [-0.05, 0) is 25.0 Å². The quantitative estimate of drug-likeness (QED) is 0.837. The van der Waals surface area contributed by atoms with Crippen LogP contribution in [0, 0.1) is 5.82 Å². The molecule has 1 saturated heterocycles. The Morgan fingerprint density at radius 1 is 1.16 bits per heavy atom. The second-order valence-electron chi connectivity index (χ2n) is 4.82. The summed E-state index contributed by atoms with van der Waals surface area (Å²) in [6.07, 6.45) is 4.89. The van der Waals surface area contributed by atoms with Gasteiger partial charge in [-0.15, -0.1) is 0 Å². The molecule has 1 aromatic carbocycles. The summed E-state index contributed by atoms with van der Waals surface area (Å²) in [6, 6.07) is 6.26. The number of benzene rings is 1. The zero-order valence-corrected chi connectivity index (χ0v) is 11.1. The van der Waals surface area contributed by atoms with Gasteiger partial charge >= 0.3 is 0 Å². The van der Waals surface area contributed by atoms with Gasteiger partial charge < -0.3 is 9.64 Å². The van der Waals surface area contributed by atoms with Crippen molar-refractivity contribution >= 4 is 5.91 Å². The Kier molecular flexibility index (Phi) is 5.19. The number of halogens is 1. The lowest BCUT2D eigenvalue weighted by Gasteiger charge is -2.20. The third kappa shape index (κ3) is 4.23. The molecule has 0 saturated carbocycles. The fourth-order valence-corrected chi connectivity index (χ4v) is 2.29. The lowest BCUT2D eigenvalue weighted by molar-refractivity contribution is -0.131. The minimum absolute atomic E-state index is 0.109. The summed E-state index contributed by atoms with van der Waals surface area (Å²) in [5.41, 5.74) is 0. The first-order chi connectivity index (χ1) is 9.27. The normalized spacial score (nSPS) is 15.9. The number of likely N-dealkylation sites (tertiary alicyclic amines) is 1. The number of amides is 1. The zero-order chi connectivity index (χ0) is 13.5. The highest BCUT2D eigenvalue weighted by molar-refractivity contribution is 5.76. The number of rotatable bonds is 4. The molecular formula is C15H20FNO2. The number of hydrogen-bond acceptors (Lipinski definition) is 2. The van der Waals surface area contributed by atoms with Crippen molar-refractivity contribution in [3.05, 3.63) is 30.1 Å². The molecule has 0 unspecified atom stereocenters. The lowest BCUT2D eigenvalue weighted by atomic mass is 10.2. The summed E-state index contributed by atoms with van der Waals surface area (Å²) >= 11 is 0. The first-order valence-corrected chi connectivity index (χ1v) is 6.92. The molecule has 1 fully saturated rings. The van der Waals surface area contributed by atoms with E-state index in [9.17, 15) is 9.18 Å². The van der Waals surface area contributed by atoms with Gasteiger partial charge in [-0.25, -0.2) is 4.39 Å². The minimum atomic E-state index is -0.385. The van der Waals surface area contributed by atoms with Crippen LogP contribution >= 0.6 is 0 Å². The Bertz CT molecular complexity index is 414. The van der Waals surface area contributed by atoms with Crippen molar-refractivity contribution in [1.82, 2.24) is 4.90 Å². The van der Waals surface area contributed by atoms with Crippen molar-refractivity contribution in [1.29, 1.82) is 0 Å². The molecule has 1 aliphatic rings. The molecule has 0 radical (unpaired) electrons. The van der Waals surface area contributed by atoms with Crippen LogP contribution in [0.25, 0.3) is 0 Å². The second kappa shape index (κ2) is 7.12. The van der Waals surface area contributed by atoms with E-state index in [0.717, 1.165) is 25.9 Å². The highest BCUT2D eigenvalue weighted by Crippen LogP contribution is 2.16. The van der Waals surface area contributed by atoms with Crippen molar-refractivity contribution in [3.8, 4) is 5.75 Å². The van der Waals surface area contributed by atoms with Crippen LogP contribution in [-0.4, -0.2) is 30.5 Å². The van der Waals surface area contributed by atoms with E-state index in [1.165, 1.54) is 18.9 Å². The Morgan fingerprint density at radius 2 is 1.84 bits per heavy atom. The summed E-state index contributed by atoms with van der Waals surface area (Å²) < 4.78 is 18.6. The van der Waals surface area contributed by atoms with E-state index < -0.39 is 0 Å². The molecule has 1 heterocycles. The van der Waals surface area contributed by atoms with Gasteiger partial charge in [-0.2, -0.15) is 0 Å². The molecule has 0 aliphatic carbocycles. The highest BCUT2D eigenvalue weighted by atomic mass is 19.1. The third-order valence-electron chi connectivity index (χ3n) is 3.37. The number of carbonyl (C=O) groups excluding carboxylic acids is 1. The number of para-hydroxylation sites is 1. The van der Waals surface area contributed by atoms with Gasteiger partial charge in [0.15, 0.2) is 11.6 Å². The summed E-state index contributed by atoms with van der Waals surface area (Å²) in [4.78, 5) is 13.9. The molecule has 0 aromatic heterocycles. The molecule has 0 bridgehead atoms. The van der Waals surface area contributed by atoms with Gasteiger partial charge in [0.2, 0.25) is 5.91 Å². The SMILES string of the molecule is O=C(CCOc1ccccc1F)N1CCCCCC1. The molecule has 0 N–H and O–H groups in total. The van der Waals surface area contributed by atoms with E-state index in [2.05, 4.69) is 0 Å². The first-order valence-electron chi connectivity index (χ1n) is 6.92. The van der Waals surface area contributed by atoms with Crippen LogP contribution in [-0.2, 0) is 4.79 Å². The van der Waals surface area contributed by atoms with Gasteiger partial charge in [0.25, 0.3) is 0 Å². The lowest BCUT2D eigenvalue weighted by Crippen LogP contribution is -2.32. The Labute approximate surface area is 113 Å². The molecule has 2 rings (SSSR count). The van der Waals surface area contributed by atoms with Crippen LogP contribution in [0.1, 0.15) is 32.1 Å². The zero-order valence-electron chi connectivity index (χ0n) is 11.1.